The molecule has 0 bridgehead atoms. The summed E-state index contributed by atoms with van der Waals surface area (Å²) in [5.41, 5.74) is 0. The monoisotopic (exact) mass is 366 g/mol. The van der Waals surface area contributed by atoms with E-state index in [1.54, 1.807) is 0 Å². The van der Waals surface area contributed by atoms with Gasteiger partial charge in [-0.15, -0.1) is 0 Å². The van der Waals surface area contributed by atoms with Crippen molar-refractivity contribution in [1.29, 1.82) is 0 Å². The van der Waals surface area contributed by atoms with Crippen molar-refractivity contribution in [2.24, 2.45) is 0 Å². The summed E-state index contributed by atoms with van der Waals surface area (Å²) >= 11 is 0. The van der Waals surface area contributed by atoms with Gasteiger partial charge in [-0.1, -0.05) is 73.0 Å². The third-order valence-electron chi connectivity index (χ3n) is 4.82. The van der Waals surface area contributed by atoms with Crippen LogP contribution in [0.15, 0.2) is 12.7 Å². The van der Waals surface area contributed by atoms with Crippen LogP contribution in [-0.2, 0) is 0 Å². The Balaban J connectivity index is 5.90. The lowest BCUT2D eigenvalue weighted by molar-refractivity contribution is -0.539. The molecule has 0 heterocycles. The molecule has 0 spiro atoms. The van der Waals surface area contributed by atoms with Gasteiger partial charge in [-0.25, -0.2) is 0 Å². The summed E-state index contributed by atoms with van der Waals surface area (Å²) in [5.74, 6) is 1.48. The molecule has 0 atom stereocenters. The fourth-order valence-corrected chi connectivity index (χ4v) is 3.32. The number of hydrogen-bond donors (Lipinski definition) is 0. The molecule has 0 rings (SSSR count). The molecule has 0 amide bonds. The second-order valence-electron chi connectivity index (χ2n) is 7.42. The highest BCUT2D eigenvalue weighted by molar-refractivity contribution is 5.75. The molecule has 0 aliphatic rings. The Bertz CT molecular complexity index is 344. The van der Waals surface area contributed by atoms with E-state index < -0.39 is 0 Å². The molecule has 0 saturated heterocycles. The highest BCUT2D eigenvalue weighted by Crippen LogP contribution is 2.09. The molecule has 154 valence electrons. The minimum absolute atomic E-state index is 0.951. The zero-order valence-electron chi connectivity index (χ0n) is 18.7. The molecule has 0 radical (unpaired) electrons. The number of rotatable bonds is 16. The lowest BCUT2D eigenvalue weighted by Gasteiger charge is -2.30. The van der Waals surface area contributed by atoms with E-state index in [2.05, 4.69) is 61.6 Å². The molecule has 0 aromatic heterocycles. The minimum Gasteiger partial charge on any atom is -0.265 e. The van der Waals surface area contributed by atoms with Crippen LogP contribution in [0.25, 0.3) is 0 Å². The fourth-order valence-electron chi connectivity index (χ4n) is 3.32. The number of guanidine groups is 1. The Labute approximate surface area is 165 Å². The first-order chi connectivity index (χ1) is 12.7. The quantitative estimate of drug-likeness (QED) is 0.149. The topological polar surface area (TPSA) is 9.49 Å². The maximum Gasteiger partial charge on any atom is 0.350 e. The molecule has 26 heavy (non-hydrogen) atoms. The molecular formula is C23H48N3+. The molecule has 0 saturated carbocycles. The van der Waals surface area contributed by atoms with E-state index in [0.717, 1.165) is 13.1 Å². The van der Waals surface area contributed by atoms with Gasteiger partial charge in [0, 0.05) is 0 Å². The minimum atomic E-state index is 0.951. The first-order valence-corrected chi connectivity index (χ1v) is 11.4. The summed E-state index contributed by atoms with van der Waals surface area (Å²) in [5, 5.41) is 0. The summed E-state index contributed by atoms with van der Waals surface area (Å²) in [4.78, 5) is 5.28. The largest absolute Gasteiger partial charge is 0.350 e. The molecule has 0 aromatic carbocycles. The van der Waals surface area contributed by atoms with Crippen molar-refractivity contribution in [3.05, 3.63) is 12.7 Å². The van der Waals surface area contributed by atoms with Crippen molar-refractivity contribution in [1.82, 2.24) is 9.80 Å². The molecule has 3 nitrogen and oxygen atoms in total. The van der Waals surface area contributed by atoms with Gasteiger partial charge in [0.1, 0.15) is 0 Å². The molecule has 0 unspecified atom stereocenters. The Kier molecular flexibility index (Phi) is 16.8. The second-order valence-corrected chi connectivity index (χ2v) is 7.42. The maximum absolute atomic E-state index is 4.04. The van der Waals surface area contributed by atoms with Crippen LogP contribution in [0.3, 0.4) is 0 Å². The lowest BCUT2D eigenvalue weighted by Crippen LogP contribution is -2.51. The normalized spacial score (nSPS) is 10.7. The van der Waals surface area contributed by atoms with Crippen molar-refractivity contribution in [2.75, 3.05) is 39.3 Å². The summed E-state index contributed by atoms with van der Waals surface area (Å²) in [6.45, 7) is 22.3. The van der Waals surface area contributed by atoms with Crippen LogP contribution in [0.5, 0.6) is 0 Å². The third-order valence-corrected chi connectivity index (χ3v) is 4.82. The van der Waals surface area contributed by atoms with Gasteiger partial charge in [-0.05, 0) is 32.1 Å². The van der Waals surface area contributed by atoms with Gasteiger partial charge in [-0.3, -0.25) is 14.4 Å². The average molecular weight is 367 g/mol. The van der Waals surface area contributed by atoms with Crippen molar-refractivity contribution >= 4 is 5.96 Å². The molecule has 3 heteroatoms. The highest BCUT2D eigenvalue weighted by Gasteiger charge is 2.27. The van der Waals surface area contributed by atoms with Crippen LogP contribution < -0.4 is 0 Å². The summed E-state index contributed by atoms with van der Waals surface area (Å²) in [6.07, 6.45) is 13.4. The standard InChI is InChI=1S/C23H48N3/c1-7-13-19-25(20-14-8-2)23(24(17-11-5)18-12-6)26(21-15-9-3)22-16-10-4/h11H,5,7-10,12-22H2,1-4,6H3/q+1. The number of nitrogens with zero attached hydrogens (tertiary/aromatic N) is 3. The summed E-state index contributed by atoms with van der Waals surface area (Å²) < 4.78 is 2.69. The zero-order valence-corrected chi connectivity index (χ0v) is 18.7. The zero-order chi connectivity index (χ0) is 19.6. The van der Waals surface area contributed by atoms with Gasteiger partial charge in [0.05, 0.1) is 39.3 Å². The Morgan fingerprint density at radius 2 is 1.19 bits per heavy atom. The van der Waals surface area contributed by atoms with Crippen LogP contribution in [0.4, 0.5) is 0 Å². The predicted octanol–water partition coefficient (Wildman–Crippen LogP) is 5.76. The van der Waals surface area contributed by atoms with Gasteiger partial charge < -0.3 is 0 Å². The van der Waals surface area contributed by atoms with E-state index in [4.69, 9.17) is 0 Å². The van der Waals surface area contributed by atoms with Gasteiger partial charge in [0.25, 0.3) is 0 Å². The van der Waals surface area contributed by atoms with Crippen LogP contribution >= 0.6 is 0 Å². The molecule has 0 fully saturated rings. The van der Waals surface area contributed by atoms with Crippen LogP contribution in [0.2, 0.25) is 0 Å². The van der Waals surface area contributed by atoms with Crippen LogP contribution in [0.1, 0.15) is 92.4 Å². The Morgan fingerprint density at radius 1 is 0.692 bits per heavy atom. The van der Waals surface area contributed by atoms with Gasteiger partial charge in [-0.2, -0.15) is 0 Å². The third kappa shape index (κ3) is 10.2. The summed E-state index contributed by atoms with van der Waals surface area (Å²) in [6, 6.07) is 0. The van der Waals surface area contributed by atoms with E-state index in [0.29, 0.717) is 0 Å². The molecule has 0 N–H and O–H groups in total. The highest BCUT2D eigenvalue weighted by atomic mass is 15.4. The van der Waals surface area contributed by atoms with Crippen LogP contribution in [0, 0.1) is 0 Å². The molecule has 0 aliphatic carbocycles. The average Bonchev–Trinajstić information content (AvgIpc) is 2.65. The Hall–Kier alpha value is -0.990. The molecule has 0 aliphatic heterocycles. The van der Waals surface area contributed by atoms with E-state index in [1.165, 1.54) is 89.9 Å². The number of unbranched alkanes of at least 4 members (excludes halogenated alkanes) is 4. The molecule has 0 aromatic rings. The van der Waals surface area contributed by atoms with E-state index in [-0.39, 0.29) is 0 Å². The second kappa shape index (κ2) is 17.4. The fraction of sp³-hybridized carbons (Fsp3) is 0.870. The van der Waals surface area contributed by atoms with Crippen molar-refractivity contribution < 1.29 is 4.58 Å². The predicted molar refractivity (Wildman–Crippen MR) is 118 cm³/mol. The molecular weight excluding hydrogens is 318 g/mol. The Morgan fingerprint density at radius 3 is 1.58 bits per heavy atom. The van der Waals surface area contributed by atoms with E-state index >= 15 is 0 Å². The first-order valence-electron chi connectivity index (χ1n) is 11.4. The lowest BCUT2D eigenvalue weighted by atomic mass is 10.2. The van der Waals surface area contributed by atoms with E-state index in [9.17, 15) is 0 Å². The van der Waals surface area contributed by atoms with Crippen LogP contribution in [-0.4, -0.2) is 59.6 Å². The van der Waals surface area contributed by atoms with Crippen molar-refractivity contribution in [3.8, 4) is 0 Å². The summed E-state index contributed by atoms with van der Waals surface area (Å²) in [7, 11) is 0. The maximum atomic E-state index is 4.04. The van der Waals surface area contributed by atoms with Gasteiger partial charge in [0.15, 0.2) is 0 Å². The SMILES string of the molecule is C=CCN(CCC)C(N(CCCC)CCCC)=[N+](CCCC)CCCC. The van der Waals surface area contributed by atoms with Gasteiger partial charge >= 0.3 is 5.96 Å². The van der Waals surface area contributed by atoms with Crippen molar-refractivity contribution in [2.45, 2.75) is 92.4 Å². The smallest absolute Gasteiger partial charge is 0.265 e. The van der Waals surface area contributed by atoms with Gasteiger partial charge in [0.2, 0.25) is 0 Å². The van der Waals surface area contributed by atoms with Crippen molar-refractivity contribution in [3.63, 3.8) is 0 Å². The van der Waals surface area contributed by atoms with E-state index in [1.807, 2.05) is 0 Å². The first kappa shape index (κ1) is 25.0. The number of hydrogen-bond acceptors (Lipinski definition) is 0.